The van der Waals surface area contributed by atoms with Crippen LogP contribution in [-0.4, -0.2) is 35.9 Å². The molecular formula is C19H19N7O. The van der Waals surface area contributed by atoms with Crippen LogP contribution < -0.4 is 5.32 Å². The summed E-state index contributed by atoms with van der Waals surface area (Å²) in [5.41, 5.74) is 6.90. The van der Waals surface area contributed by atoms with Crippen molar-refractivity contribution in [1.29, 1.82) is 0 Å². The molecule has 4 aromatic rings. The number of hydrogen-bond acceptors (Lipinski definition) is 5. The number of aromatic amines is 1. The van der Waals surface area contributed by atoms with Crippen molar-refractivity contribution in [2.24, 2.45) is 0 Å². The highest BCUT2D eigenvalue weighted by atomic mass is 16.1. The molecule has 0 saturated carbocycles. The predicted octanol–water partition coefficient (Wildman–Crippen LogP) is 2.62. The third kappa shape index (κ3) is 3.17. The Labute approximate surface area is 155 Å². The molecule has 4 rings (SSSR count). The van der Waals surface area contributed by atoms with Crippen molar-refractivity contribution in [1.82, 2.24) is 30.0 Å². The van der Waals surface area contributed by atoms with E-state index in [1.807, 2.05) is 35.7 Å². The van der Waals surface area contributed by atoms with Crippen LogP contribution in [0.25, 0.3) is 16.9 Å². The van der Waals surface area contributed by atoms with Gasteiger partial charge < -0.3 is 4.40 Å². The summed E-state index contributed by atoms with van der Waals surface area (Å²) in [6, 6.07) is 10.2. The molecular weight excluding hydrogens is 342 g/mol. The van der Waals surface area contributed by atoms with E-state index in [1.54, 1.807) is 0 Å². The maximum absolute atomic E-state index is 12.5. The summed E-state index contributed by atoms with van der Waals surface area (Å²) in [6.45, 7) is 6.16. The number of rotatable bonds is 4. The lowest BCUT2D eigenvalue weighted by Crippen LogP contribution is -2.17. The molecule has 1 amide bonds. The zero-order chi connectivity index (χ0) is 19.0. The Balaban J connectivity index is 1.80. The Bertz CT molecular complexity index is 1130. The fourth-order valence-electron chi connectivity index (χ4n) is 3.08. The maximum atomic E-state index is 12.5. The van der Waals surface area contributed by atoms with Crippen molar-refractivity contribution < 1.29 is 4.79 Å². The third-order valence-corrected chi connectivity index (χ3v) is 4.65. The lowest BCUT2D eigenvalue weighted by atomic mass is 10.0. The molecule has 0 fully saturated rings. The van der Waals surface area contributed by atoms with Gasteiger partial charge in [0.15, 0.2) is 0 Å². The summed E-state index contributed by atoms with van der Waals surface area (Å²) in [7, 11) is 0. The van der Waals surface area contributed by atoms with Gasteiger partial charge >= 0.3 is 0 Å². The standard InChI is InChI=1S/C19H19N7O/c1-11-6-7-14(9-13(11)3)17-15(10-16(27)20-19-22-24-25-23-19)26-8-4-5-12(2)18(26)21-17/h4-9H,10H2,1-3H3,(H2,20,22,23,24,25,27). The van der Waals surface area contributed by atoms with E-state index >= 15 is 0 Å². The van der Waals surface area contributed by atoms with Gasteiger partial charge in [0.25, 0.3) is 5.95 Å². The summed E-state index contributed by atoms with van der Waals surface area (Å²) >= 11 is 0. The summed E-state index contributed by atoms with van der Waals surface area (Å²) in [4.78, 5) is 17.4. The van der Waals surface area contributed by atoms with E-state index < -0.39 is 0 Å². The molecule has 0 atom stereocenters. The average molecular weight is 361 g/mol. The number of H-pyrrole nitrogens is 1. The van der Waals surface area contributed by atoms with Gasteiger partial charge in [0.05, 0.1) is 17.8 Å². The van der Waals surface area contributed by atoms with Crippen LogP contribution in [0.1, 0.15) is 22.4 Å². The number of nitrogens with zero attached hydrogens (tertiary/aromatic N) is 5. The van der Waals surface area contributed by atoms with Gasteiger partial charge in [-0.15, -0.1) is 5.10 Å². The van der Waals surface area contributed by atoms with Crippen molar-refractivity contribution in [2.75, 3.05) is 5.32 Å². The van der Waals surface area contributed by atoms with E-state index in [0.29, 0.717) is 0 Å². The smallest absolute Gasteiger partial charge is 0.269 e. The summed E-state index contributed by atoms with van der Waals surface area (Å²) in [6.07, 6.45) is 2.07. The van der Waals surface area contributed by atoms with E-state index in [4.69, 9.17) is 4.98 Å². The van der Waals surface area contributed by atoms with Crippen LogP contribution >= 0.6 is 0 Å². The number of tetrazole rings is 1. The van der Waals surface area contributed by atoms with Crippen molar-refractivity contribution in [3.8, 4) is 11.3 Å². The van der Waals surface area contributed by atoms with Gasteiger partial charge in [-0.25, -0.2) is 4.98 Å². The molecule has 8 nitrogen and oxygen atoms in total. The largest absolute Gasteiger partial charge is 0.303 e. The van der Waals surface area contributed by atoms with E-state index in [-0.39, 0.29) is 18.3 Å². The van der Waals surface area contributed by atoms with Crippen LogP contribution in [-0.2, 0) is 11.2 Å². The number of amides is 1. The molecule has 8 heteroatoms. The third-order valence-electron chi connectivity index (χ3n) is 4.65. The first kappa shape index (κ1) is 16.9. The molecule has 0 aliphatic rings. The van der Waals surface area contributed by atoms with Crippen molar-refractivity contribution in [3.63, 3.8) is 0 Å². The van der Waals surface area contributed by atoms with Gasteiger partial charge in [-0.2, -0.15) is 5.21 Å². The molecule has 0 bridgehead atoms. The number of imidazole rings is 1. The van der Waals surface area contributed by atoms with E-state index in [1.165, 1.54) is 11.1 Å². The fraction of sp³-hybridized carbons (Fsp3) is 0.211. The lowest BCUT2D eigenvalue weighted by molar-refractivity contribution is -0.115. The minimum absolute atomic E-state index is 0.140. The number of anilines is 1. The van der Waals surface area contributed by atoms with E-state index in [2.05, 4.69) is 51.9 Å². The first-order valence-corrected chi connectivity index (χ1v) is 8.60. The number of hydrogen-bond donors (Lipinski definition) is 2. The molecule has 0 radical (unpaired) electrons. The van der Waals surface area contributed by atoms with Crippen LogP contribution in [0, 0.1) is 20.8 Å². The normalized spacial score (nSPS) is 11.1. The lowest BCUT2D eigenvalue weighted by Gasteiger charge is -2.07. The Morgan fingerprint density at radius 2 is 2.00 bits per heavy atom. The monoisotopic (exact) mass is 361 g/mol. The highest BCUT2D eigenvalue weighted by molar-refractivity contribution is 5.91. The Morgan fingerprint density at radius 3 is 2.74 bits per heavy atom. The van der Waals surface area contributed by atoms with Crippen LogP contribution in [0.2, 0.25) is 0 Å². The number of nitrogens with one attached hydrogen (secondary N) is 2. The maximum Gasteiger partial charge on any atom is 0.269 e. The van der Waals surface area contributed by atoms with Gasteiger partial charge in [0, 0.05) is 11.8 Å². The van der Waals surface area contributed by atoms with E-state index in [0.717, 1.165) is 28.2 Å². The molecule has 3 aromatic heterocycles. The number of aromatic nitrogens is 6. The summed E-state index contributed by atoms with van der Waals surface area (Å²) in [5.74, 6) is -0.0810. The molecule has 0 saturated heterocycles. The van der Waals surface area contributed by atoms with Crippen molar-refractivity contribution in [3.05, 3.63) is 58.9 Å². The van der Waals surface area contributed by atoms with Crippen molar-refractivity contribution in [2.45, 2.75) is 27.2 Å². The minimum atomic E-state index is -0.232. The zero-order valence-corrected chi connectivity index (χ0v) is 15.3. The highest BCUT2D eigenvalue weighted by Gasteiger charge is 2.19. The molecule has 27 heavy (non-hydrogen) atoms. The van der Waals surface area contributed by atoms with Gasteiger partial charge in [0.2, 0.25) is 5.91 Å². The zero-order valence-electron chi connectivity index (χ0n) is 15.3. The van der Waals surface area contributed by atoms with Crippen LogP contribution in [0.4, 0.5) is 5.95 Å². The van der Waals surface area contributed by atoms with Gasteiger partial charge in [-0.05, 0) is 54.8 Å². The first-order valence-electron chi connectivity index (χ1n) is 8.60. The second kappa shape index (κ2) is 6.64. The van der Waals surface area contributed by atoms with E-state index in [9.17, 15) is 4.79 Å². The SMILES string of the molecule is Cc1ccc(-c2nc3c(C)cccn3c2CC(=O)Nc2nn[nH]n2)cc1C. The number of aryl methyl sites for hydroxylation is 3. The molecule has 0 unspecified atom stereocenters. The predicted molar refractivity (Wildman–Crippen MR) is 101 cm³/mol. The minimum Gasteiger partial charge on any atom is -0.303 e. The molecule has 136 valence electrons. The number of fused-ring (bicyclic) bond motifs is 1. The second-order valence-electron chi connectivity index (χ2n) is 6.55. The first-order chi connectivity index (χ1) is 13.0. The average Bonchev–Trinajstić information content (AvgIpc) is 3.27. The Hall–Kier alpha value is -3.55. The molecule has 1 aromatic carbocycles. The molecule has 0 aliphatic carbocycles. The number of carbonyl (C=O) groups excluding carboxylic acids is 1. The molecule has 3 heterocycles. The Kier molecular flexibility index (Phi) is 4.15. The molecule has 0 aliphatic heterocycles. The van der Waals surface area contributed by atoms with Crippen LogP contribution in [0.5, 0.6) is 0 Å². The number of carbonyl (C=O) groups is 1. The van der Waals surface area contributed by atoms with Gasteiger partial charge in [0.1, 0.15) is 5.65 Å². The van der Waals surface area contributed by atoms with Crippen molar-refractivity contribution >= 4 is 17.5 Å². The van der Waals surface area contributed by atoms with Gasteiger partial charge in [-0.3, -0.25) is 10.1 Å². The van der Waals surface area contributed by atoms with Crippen LogP contribution in [0.3, 0.4) is 0 Å². The molecule has 2 N–H and O–H groups in total. The number of pyridine rings is 1. The molecule has 0 spiro atoms. The fourth-order valence-corrected chi connectivity index (χ4v) is 3.08. The Morgan fingerprint density at radius 1 is 1.15 bits per heavy atom. The van der Waals surface area contributed by atoms with Crippen LogP contribution in [0.15, 0.2) is 36.5 Å². The topological polar surface area (TPSA) is 101 Å². The summed E-state index contributed by atoms with van der Waals surface area (Å²) < 4.78 is 1.97. The summed E-state index contributed by atoms with van der Waals surface area (Å²) in [5, 5.41) is 15.9. The number of benzene rings is 1. The second-order valence-corrected chi connectivity index (χ2v) is 6.55. The van der Waals surface area contributed by atoms with Gasteiger partial charge in [-0.1, -0.05) is 23.3 Å². The quantitative estimate of drug-likeness (QED) is 0.582. The highest BCUT2D eigenvalue weighted by Crippen LogP contribution is 2.28.